The third-order valence-corrected chi connectivity index (χ3v) is 4.00. The molecule has 4 nitrogen and oxygen atoms in total. The second kappa shape index (κ2) is 6.17. The van der Waals surface area contributed by atoms with Crippen molar-refractivity contribution in [2.75, 3.05) is 0 Å². The summed E-state index contributed by atoms with van der Waals surface area (Å²) in [6.45, 7) is 0. The van der Waals surface area contributed by atoms with Crippen LogP contribution in [-0.2, 0) is 15.9 Å². The van der Waals surface area contributed by atoms with Gasteiger partial charge in [-0.3, -0.25) is 4.79 Å². The van der Waals surface area contributed by atoms with Crippen LogP contribution >= 0.6 is 11.6 Å². The minimum atomic E-state index is -2.53. The molecule has 0 spiro atoms. The highest BCUT2D eigenvalue weighted by Crippen LogP contribution is 2.31. The van der Waals surface area contributed by atoms with E-state index in [0.29, 0.717) is 0 Å². The summed E-state index contributed by atoms with van der Waals surface area (Å²) >= 11 is 3.52. The van der Waals surface area contributed by atoms with Gasteiger partial charge in [0.25, 0.3) is 0 Å². The molecule has 2 atom stereocenters. The smallest absolute Gasteiger partial charge is 0.326 e. The Morgan fingerprint density at radius 3 is 2.25 bits per heavy atom. The zero-order valence-electron chi connectivity index (χ0n) is 10.2. The molecule has 0 saturated heterocycles. The van der Waals surface area contributed by atoms with Gasteiger partial charge in [-0.2, -0.15) is 0 Å². The Balaban J connectivity index is 2.45. The maximum Gasteiger partial charge on any atom is 0.326 e. The first-order valence-electron chi connectivity index (χ1n) is 5.68. The quantitative estimate of drug-likeness (QED) is 0.849. The van der Waals surface area contributed by atoms with Crippen LogP contribution in [0.25, 0.3) is 11.1 Å². The van der Waals surface area contributed by atoms with E-state index in [4.69, 9.17) is 21.3 Å². The van der Waals surface area contributed by atoms with Gasteiger partial charge in [0.1, 0.15) is 0 Å². The zero-order valence-corrected chi connectivity index (χ0v) is 11.8. The van der Waals surface area contributed by atoms with Gasteiger partial charge in [-0.15, -0.1) is 0 Å². The molecule has 20 heavy (non-hydrogen) atoms. The number of benzene rings is 2. The number of aliphatic carboxylic acids is 1. The summed E-state index contributed by atoms with van der Waals surface area (Å²) < 4.78 is 20.2. The standard InChI is InChI=1S/C14H11ClO4S/c15-12-8-10(9-4-2-1-3-5-9)6-7-11(12)13(14(16)17)20(18)19/h1-8,13H,(H,16,17)(H,18,19). The van der Waals surface area contributed by atoms with Crippen molar-refractivity contribution in [2.45, 2.75) is 5.25 Å². The normalized spacial score (nSPS) is 13.7. The predicted octanol–water partition coefficient (Wildman–Crippen LogP) is 3.35. The van der Waals surface area contributed by atoms with Crippen molar-refractivity contribution in [1.29, 1.82) is 0 Å². The van der Waals surface area contributed by atoms with Gasteiger partial charge in [-0.1, -0.05) is 54.1 Å². The van der Waals surface area contributed by atoms with Crippen LogP contribution in [0.15, 0.2) is 48.5 Å². The summed E-state index contributed by atoms with van der Waals surface area (Å²) in [6, 6.07) is 14.2. The van der Waals surface area contributed by atoms with E-state index in [9.17, 15) is 9.00 Å². The maximum absolute atomic E-state index is 11.1. The summed E-state index contributed by atoms with van der Waals surface area (Å²) in [5.41, 5.74) is 1.87. The van der Waals surface area contributed by atoms with Gasteiger partial charge in [0.2, 0.25) is 0 Å². The van der Waals surface area contributed by atoms with Crippen LogP contribution in [0.4, 0.5) is 0 Å². The van der Waals surface area contributed by atoms with Crippen LogP contribution < -0.4 is 0 Å². The van der Waals surface area contributed by atoms with Crippen LogP contribution in [0.3, 0.4) is 0 Å². The number of halogens is 1. The molecule has 2 unspecified atom stereocenters. The number of carboxylic acid groups (broad SMARTS) is 1. The molecule has 2 aromatic carbocycles. The van der Waals surface area contributed by atoms with Crippen LogP contribution in [0.2, 0.25) is 5.02 Å². The topological polar surface area (TPSA) is 74.6 Å². The van der Waals surface area contributed by atoms with Gasteiger partial charge >= 0.3 is 5.97 Å². The van der Waals surface area contributed by atoms with E-state index in [-0.39, 0.29) is 10.6 Å². The van der Waals surface area contributed by atoms with Crippen molar-refractivity contribution in [3.8, 4) is 11.1 Å². The largest absolute Gasteiger partial charge is 0.480 e. The number of rotatable bonds is 4. The van der Waals surface area contributed by atoms with E-state index in [2.05, 4.69) is 0 Å². The van der Waals surface area contributed by atoms with Crippen LogP contribution in [0.5, 0.6) is 0 Å². The maximum atomic E-state index is 11.1. The Morgan fingerprint density at radius 1 is 1.10 bits per heavy atom. The first kappa shape index (κ1) is 14.7. The van der Waals surface area contributed by atoms with Gasteiger partial charge in [-0.05, 0) is 22.8 Å². The lowest BCUT2D eigenvalue weighted by atomic mass is 10.0. The summed E-state index contributed by atoms with van der Waals surface area (Å²) in [5, 5.41) is 7.60. The predicted molar refractivity (Wildman–Crippen MR) is 78.0 cm³/mol. The number of hydrogen-bond donors (Lipinski definition) is 2. The highest BCUT2D eigenvalue weighted by Gasteiger charge is 2.28. The second-order valence-corrected chi connectivity index (χ2v) is 5.53. The molecule has 2 N–H and O–H groups in total. The van der Waals surface area contributed by atoms with Crippen molar-refractivity contribution in [1.82, 2.24) is 0 Å². The summed E-state index contributed by atoms with van der Waals surface area (Å²) in [5.74, 6) is -1.39. The molecule has 6 heteroatoms. The molecule has 0 aliphatic heterocycles. The summed E-state index contributed by atoms with van der Waals surface area (Å²) in [7, 11) is 0. The average molecular weight is 311 g/mol. The van der Waals surface area contributed by atoms with Crippen molar-refractivity contribution < 1.29 is 18.7 Å². The number of hydrogen-bond acceptors (Lipinski definition) is 2. The molecule has 2 aromatic rings. The fraction of sp³-hybridized carbons (Fsp3) is 0.0714. The molecule has 0 radical (unpaired) electrons. The number of carboxylic acids is 1. The van der Waals surface area contributed by atoms with E-state index in [1.807, 2.05) is 30.3 Å². The second-order valence-electron chi connectivity index (χ2n) is 4.10. The molecule has 104 valence electrons. The lowest BCUT2D eigenvalue weighted by Gasteiger charge is -2.12. The average Bonchev–Trinajstić information content (AvgIpc) is 2.41. The summed E-state index contributed by atoms with van der Waals surface area (Å²) in [4.78, 5) is 11.0. The van der Waals surface area contributed by atoms with Crippen LogP contribution in [0, 0.1) is 0 Å². The molecule has 0 amide bonds. The van der Waals surface area contributed by atoms with Crippen molar-refractivity contribution >= 4 is 28.7 Å². The minimum absolute atomic E-state index is 0.125. The van der Waals surface area contributed by atoms with Crippen molar-refractivity contribution in [2.24, 2.45) is 0 Å². The highest BCUT2D eigenvalue weighted by molar-refractivity contribution is 7.80. The monoisotopic (exact) mass is 310 g/mol. The summed E-state index contributed by atoms with van der Waals surface area (Å²) in [6.07, 6.45) is 0. The fourth-order valence-corrected chi connectivity index (χ4v) is 2.83. The molecule has 0 aromatic heterocycles. The van der Waals surface area contributed by atoms with E-state index in [1.54, 1.807) is 12.1 Å². The van der Waals surface area contributed by atoms with Crippen LogP contribution in [-0.4, -0.2) is 19.8 Å². The van der Waals surface area contributed by atoms with Gasteiger partial charge in [-0.25, -0.2) is 4.21 Å². The lowest BCUT2D eigenvalue weighted by Crippen LogP contribution is -2.16. The molecular formula is C14H11ClO4S. The van der Waals surface area contributed by atoms with E-state index in [1.165, 1.54) is 6.07 Å². The Morgan fingerprint density at radius 2 is 1.75 bits per heavy atom. The molecule has 2 rings (SSSR count). The molecule has 0 aliphatic rings. The number of carbonyl (C=O) groups is 1. The Labute approximate surface area is 123 Å². The molecule has 0 bridgehead atoms. The fourth-order valence-electron chi connectivity index (χ4n) is 1.88. The van der Waals surface area contributed by atoms with E-state index >= 15 is 0 Å². The Hall–Kier alpha value is -1.69. The minimum Gasteiger partial charge on any atom is -0.480 e. The molecule has 0 aliphatic carbocycles. The van der Waals surface area contributed by atoms with Crippen molar-refractivity contribution in [3.63, 3.8) is 0 Å². The lowest BCUT2D eigenvalue weighted by molar-refractivity contribution is -0.136. The third kappa shape index (κ3) is 3.07. The van der Waals surface area contributed by atoms with Gasteiger partial charge in [0.15, 0.2) is 16.3 Å². The Kier molecular flexibility index (Phi) is 4.54. The zero-order chi connectivity index (χ0) is 14.7. The van der Waals surface area contributed by atoms with E-state index < -0.39 is 22.3 Å². The van der Waals surface area contributed by atoms with Gasteiger partial charge < -0.3 is 9.66 Å². The van der Waals surface area contributed by atoms with Crippen molar-refractivity contribution in [3.05, 3.63) is 59.1 Å². The first-order chi connectivity index (χ1) is 9.50. The van der Waals surface area contributed by atoms with E-state index in [0.717, 1.165) is 11.1 Å². The molecular weight excluding hydrogens is 300 g/mol. The third-order valence-electron chi connectivity index (χ3n) is 2.82. The highest BCUT2D eigenvalue weighted by atomic mass is 35.5. The van der Waals surface area contributed by atoms with Gasteiger partial charge in [0.05, 0.1) is 0 Å². The Bertz CT molecular complexity index is 643. The molecule has 0 saturated carbocycles. The SMILES string of the molecule is O=C(O)C(c1ccc(-c2ccccc2)cc1Cl)S(=O)O. The molecule has 0 fully saturated rings. The first-order valence-corrected chi connectivity index (χ1v) is 7.23. The molecule has 0 heterocycles. The van der Waals surface area contributed by atoms with Crippen LogP contribution in [0.1, 0.15) is 10.8 Å². The van der Waals surface area contributed by atoms with Gasteiger partial charge in [0, 0.05) is 5.02 Å².